The van der Waals surface area contributed by atoms with E-state index in [2.05, 4.69) is 0 Å². The highest BCUT2D eigenvalue weighted by Crippen LogP contribution is 2.41. The molecule has 0 aliphatic carbocycles. The van der Waals surface area contributed by atoms with Gasteiger partial charge in [0.05, 0.1) is 18.4 Å². The minimum absolute atomic E-state index is 0.0349. The molecule has 1 N–H and O–H groups in total. The highest BCUT2D eigenvalue weighted by molar-refractivity contribution is 14.1. The Morgan fingerprint density at radius 3 is 2.73 bits per heavy atom. The first-order valence-electron chi connectivity index (χ1n) is 7.66. The second-order valence-corrected chi connectivity index (χ2v) is 7.72. The number of rotatable bonds is 5. The third-order valence-electron chi connectivity index (χ3n) is 4.06. The fourth-order valence-corrected chi connectivity index (χ4v) is 4.07. The van der Waals surface area contributed by atoms with Crippen LogP contribution in [0.1, 0.15) is 27.2 Å². The van der Waals surface area contributed by atoms with Crippen molar-refractivity contribution in [2.75, 3.05) is 0 Å². The highest BCUT2D eigenvalue weighted by atomic mass is 127. The van der Waals surface area contributed by atoms with Crippen molar-refractivity contribution in [2.24, 2.45) is 0 Å². The van der Waals surface area contributed by atoms with Gasteiger partial charge < -0.3 is 18.8 Å². The number of thiophene rings is 1. The van der Waals surface area contributed by atoms with Crippen LogP contribution in [-0.2, 0) is 11.3 Å². The van der Waals surface area contributed by atoms with Gasteiger partial charge in [-0.05, 0) is 58.3 Å². The molecule has 4 heterocycles. The van der Waals surface area contributed by atoms with Crippen LogP contribution < -0.4 is 0 Å². The molecule has 0 saturated heterocycles. The van der Waals surface area contributed by atoms with Crippen molar-refractivity contribution in [3.8, 4) is 0 Å². The second-order valence-electron chi connectivity index (χ2n) is 5.63. The lowest BCUT2D eigenvalue weighted by molar-refractivity contribution is -0.130. The first kappa shape index (κ1) is 17.1. The van der Waals surface area contributed by atoms with Crippen molar-refractivity contribution >= 4 is 45.6 Å². The van der Waals surface area contributed by atoms with E-state index < -0.39 is 23.5 Å². The third-order valence-corrected chi connectivity index (χ3v) is 5.50. The maximum atomic E-state index is 12.9. The Morgan fingerprint density at radius 2 is 2.12 bits per heavy atom. The largest absolute Gasteiger partial charge is 0.503 e. The Balaban J connectivity index is 1.79. The molecule has 3 aromatic rings. The van der Waals surface area contributed by atoms with E-state index in [0.29, 0.717) is 9.53 Å². The van der Waals surface area contributed by atoms with Gasteiger partial charge in [0.1, 0.15) is 11.8 Å². The molecule has 1 amide bonds. The molecular weight excluding hydrogens is 469 g/mol. The van der Waals surface area contributed by atoms with Gasteiger partial charge in [0.2, 0.25) is 5.78 Å². The summed E-state index contributed by atoms with van der Waals surface area (Å²) in [6.07, 6.45) is 1.37. The molecule has 3 aromatic heterocycles. The van der Waals surface area contributed by atoms with E-state index in [4.69, 9.17) is 8.83 Å². The van der Waals surface area contributed by atoms with E-state index in [1.54, 1.807) is 18.2 Å². The van der Waals surface area contributed by atoms with E-state index >= 15 is 0 Å². The maximum Gasteiger partial charge on any atom is 0.290 e. The molecule has 0 saturated carbocycles. The van der Waals surface area contributed by atoms with Crippen LogP contribution >= 0.6 is 33.9 Å². The van der Waals surface area contributed by atoms with Gasteiger partial charge in [-0.15, -0.1) is 11.3 Å². The van der Waals surface area contributed by atoms with Crippen LogP contribution in [0, 0.1) is 3.77 Å². The number of aliphatic hydroxyl groups excluding tert-OH is 1. The molecule has 1 unspecified atom stereocenters. The summed E-state index contributed by atoms with van der Waals surface area (Å²) in [7, 11) is 0. The molecule has 1 aliphatic heterocycles. The molecule has 1 aliphatic rings. The number of hydrogen-bond donors (Lipinski definition) is 1. The molecule has 0 aromatic carbocycles. The Bertz CT molecular complexity index is 987. The van der Waals surface area contributed by atoms with E-state index in [0.717, 1.165) is 4.88 Å². The van der Waals surface area contributed by atoms with E-state index in [9.17, 15) is 14.7 Å². The van der Waals surface area contributed by atoms with Gasteiger partial charge in [-0.25, -0.2) is 0 Å². The van der Waals surface area contributed by atoms with Crippen molar-refractivity contribution in [1.82, 2.24) is 4.90 Å². The lowest BCUT2D eigenvalue weighted by Crippen LogP contribution is -2.30. The Kier molecular flexibility index (Phi) is 4.45. The van der Waals surface area contributed by atoms with Gasteiger partial charge in [-0.2, -0.15) is 0 Å². The van der Waals surface area contributed by atoms with Crippen molar-refractivity contribution < 1.29 is 23.5 Å². The maximum absolute atomic E-state index is 12.9. The number of hydrogen-bond acceptors (Lipinski definition) is 6. The average Bonchev–Trinajstić information content (AvgIpc) is 3.40. The highest BCUT2D eigenvalue weighted by Gasteiger charge is 2.46. The predicted octanol–water partition coefficient (Wildman–Crippen LogP) is 4.32. The van der Waals surface area contributed by atoms with Gasteiger partial charge in [-0.3, -0.25) is 9.59 Å². The molecule has 0 radical (unpaired) electrons. The van der Waals surface area contributed by atoms with Crippen LogP contribution in [0.3, 0.4) is 0 Å². The Labute approximate surface area is 165 Å². The summed E-state index contributed by atoms with van der Waals surface area (Å²) in [5.74, 6) is -1.24. The molecule has 6 nitrogen and oxygen atoms in total. The minimum Gasteiger partial charge on any atom is -0.503 e. The van der Waals surface area contributed by atoms with E-state index in [1.807, 2.05) is 40.1 Å². The number of nitrogens with zero attached hydrogens (tertiary/aromatic N) is 1. The number of Topliss-reactive ketones (excluding diaryl/α,β-unsaturated/α-hetero) is 1. The average molecular weight is 481 g/mol. The molecular formula is C18H12INO5S. The summed E-state index contributed by atoms with van der Waals surface area (Å²) in [5, 5.41) is 12.4. The van der Waals surface area contributed by atoms with Crippen molar-refractivity contribution in [1.29, 1.82) is 0 Å². The molecule has 8 heteroatoms. The van der Waals surface area contributed by atoms with Gasteiger partial charge in [0.25, 0.3) is 5.91 Å². The Hall–Kier alpha value is -2.33. The molecule has 0 fully saturated rings. The van der Waals surface area contributed by atoms with Crippen molar-refractivity contribution in [3.05, 3.63) is 79.5 Å². The first-order chi connectivity index (χ1) is 12.6. The minimum atomic E-state index is -0.814. The first-order valence-corrected chi connectivity index (χ1v) is 9.62. The summed E-state index contributed by atoms with van der Waals surface area (Å²) in [6.45, 7) is 0.261. The molecule has 4 rings (SSSR count). The predicted molar refractivity (Wildman–Crippen MR) is 102 cm³/mol. The van der Waals surface area contributed by atoms with Crippen LogP contribution in [0.2, 0.25) is 0 Å². The van der Waals surface area contributed by atoms with E-state index in [-0.39, 0.29) is 17.9 Å². The summed E-state index contributed by atoms with van der Waals surface area (Å²) in [4.78, 5) is 27.9. The van der Waals surface area contributed by atoms with Gasteiger partial charge in [0, 0.05) is 4.88 Å². The third kappa shape index (κ3) is 2.88. The van der Waals surface area contributed by atoms with Crippen LogP contribution in [0.15, 0.2) is 68.2 Å². The Morgan fingerprint density at radius 1 is 1.27 bits per heavy atom. The molecule has 1 atom stereocenters. The summed E-state index contributed by atoms with van der Waals surface area (Å²) in [5.41, 5.74) is -0.0349. The van der Waals surface area contributed by atoms with Crippen LogP contribution in [0.4, 0.5) is 0 Å². The SMILES string of the molecule is O=C(C1=C(O)C(=O)N(Cc2cccs2)C1c1ccc(I)o1)c1ccco1. The second kappa shape index (κ2) is 6.76. The number of carbonyl (C=O) groups excluding carboxylic acids is 2. The number of furan rings is 2. The summed E-state index contributed by atoms with van der Waals surface area (Å²) >= 11 is 3.51. The van der Waals surface area contributed by atoms with Gasteiger partial charge >= 0.3 is 0 Å². The van der Waals surface area contributed by atoms with E-state index in [1.165, 1.54) is 28.6 Å². The van der Waals surface area contributed by atoms with Crippen LogP contribution in [0.25, 0.3) is 0 Å². The normalized spacial score (nSPS) is 17.3. The monoisotopic (exact) mass is 481 g/mol. The summed E-state index contributed by atoms with van der Waals surface area (Å²) < 4.78 is 11.5. The van der Waals surface area contributed by atoms with Crippen molar-refractivity contribution in [2.45, 2.75) is 12.6 Å². The van der Waals surface area contributed by atoms with Gasteiger partial charge in [-0.1, -0.05) is 6.07 Å². The van der Waals surface area contributed by atoms with Crippen molar-refractivity contribution in [3.63, 3.8) is 0 Å². The molecule has 26 heavy (non-hydrogen) atoms. The van der Waals surface area contributed by atoms with Gasteiger partial charge in [0.15, 0.2) is 15.3 Å². The molecule has 0 bridgehead atoms. The zero-order chi connectivity index (χ0) is 18.3. The zero-order valence-corrected chi connectivity index (χ0v) is 16.2. The number of aliphatic hydroxyl groups is 1. The smallest absolute Gasteiger partial charge is 0.290 e. The standard InChI is InChI=1S/C18H12INO5S/c19-13-6-5-11(25-13)15-14(16(21)12-4-1-7-24-12)17(22)18(23)20(15)9-10-3-2-8-26-10/h1-8,15,22H,9H2. The zero-order valence-electron chi connectivity index (χ0n) is 13.2. The topological polar surface area (TPSA) is 83.9 Å². The molecule has 0 spiro atoms. The van der Waals surface area contributed by atoms with Crippen LogP contribution in [0.5, 0.6) is 0 Å². The number of ketones is 1. The number of halogens is 1. The lowest BCUT2D eigenvalue weighted by atomic mass is 10.00. The van der Waals surface area contributed by atoms with Crippen LogP contribution in [-0.4, -0.2) is 21.7 Å². The molecule has 132 valence electrons. The quantitative estimate of drug-likeness (QED) is 0.434. The number of carbonyl (C=O) groups is 2. The summed E-state index contributed by atoms with van der Waals surface area (Å²) in [6, 6.07) is 9.49. The fraction of sp³-hybridized carbons (Fsp3) is 0.111. The fourth-order valence-electron chi connectivity index (χ4n) is 2.93. The number of amides is 1. The lowest BCUT2D eigenvalue weighted by Gasteiger charge is -2.24.